The Morgan fingerprint density at radius 2 is 1.82 bits per heavy atom. The molecule has 0 bridgehead atoms. The van der Waals surface area contributed by atoms with E-state index in [2.05, 4.69) is 15.7 Å². The first kappa shape index (κ1) is 24.4. The van der Waals surface area contributed by atoms with Crippen molar-refractivity contribution in [3.05, 3.63) is 63.3 Å². The van der Waals surface area contributed by atoms with E-state index in [1.165, 1.54) is 23.3 Å². The van der Waals surface area contributed by atoms with Gasteiger partial charge in [0.2, 0.25) is 0 Å². The maximum Gasteiger partial charge on any atom is 0.341 e. The van der Waals surface area contributed by atoms with Crippen molar-refractivity contribution in [3.8, 4) is 0 Å². The molecular formula is C23H27N5O3S2. The predicted molar refractivity (Wildman–Crippen MR) is 136 cm³/mol. The molecule has 0 atom stereocenters. The molecule has 0 aliphatic heterocycles. The van der Waals surface area contributed by atoms with Gasteiger partial charge in [-0.2, -0.15) is 5.10 Å². The number of thiocarbonyl (C=S) groups is 1. The second-order valence-corrected chi connectivity index (χ2v) is 9.24. The number of aromatic nitrogens is 2. The number of benzene rings is 1. The van der Waals surface area contributed by atoms with Gasteiger partial charge in [0.25, 0.3) is 5.91 Å². The van der Waals surface area contributed by atoms with Gasteiger partial charge in [-0.15, -0.1) is 11.3 Å². The fourth-order valence-corrected chi connectivity index (χ4v) is 4.83. The lowest BCUT2D eigenvalue weighted by Crippen LogP contribution is -2.21. The summed E-state index contributed by atoms with van der Waals surface area (Å²) >= 11 is 6.62. The zero-order valence-corrected chi connectivity index (χ0v) is 21.1. The lowest BCUT2D eigenvalue weighted by molar-refractivity contribution is 0.0601. The van der Waals surface area contributed by atoms with Gasteiger partial charge in [-0.25, -0.2) is 4.79 Å². The first-order chi connectivity index (χ1) is 15.6. The van der Waals surface area contributed by atoms with Gasteiger partial charge in [-0.05, 0) is 62.3 Å². The summed E-state index contributed by atoms with van der Waals surface area (Å²) in [6.07, 6.45) is 0. The van der Waals surface area contributed by atoms with Crippen molar-refractivity contribution < 1.29 is 14.3 Å². The van der Waals surface area contributed by atoms with Crippen LogP contribution in [0.1, 0.15) is 42.5 Å². The second-order valence-electron chi connectivity index (χ2n) is 7.81. The Labute approximate surface area is 202 Å². The molecule has 2 N–H and O–H groups in total. The minimum absolute atomic E-state index is 0.187. The Morgan fingerprint density at radius 1 is 1.15 bits per heavy atom. The molecule has 0 aliphatic carbocycles. The zero-order valence-electron chi connectivity index (χ0n) is 19.5. The minimum atomic E-state index is -0.527. The number of carbonyl (C=O) groups is 2. The molecule has 33 heavy (non-hydrogen) atoms. The third kappa shape index (κ3) is 5.58. The predicted octanol–water partition coefficient (Wildman–Crippen LogP) is 4.22. The van der Waals surface area contributed by atoms with E-state index in [1.54, 1.807) is 21.0 Å². The van der Waals surface area contributed by atoms with Gasteiger partial charge >= 0.3 is 5.97 Å². The summed E-state index contributed by atoms with van der Waals surface area (Å²) in [5, 5.41) is 11.4. The van der Waals surface area contributed by atoms with E-state index in [4.69, 9.17) is 17.0 Å². The van der Waals surface area contributed by atoms with Crippen LogP contribution in [0.3, 0.4) is 0 Å². The average molecular weight is 486 g/mol. The second kappa shape index (κ2) is 10.1. The summed E-state index contributed by atoms with van der Waals surface area (Å²) in [5.74, 6) is -0.715. The van der Waals surface area contributed by atoms with Gasteiger partial charge < -0.3 is 20.3 Å². The fraction of sp³-hybridized carbons (Fsp3) is 0.304. The van der Waals surface area contributed by atoms with Crippen LogP contribution in [0, 0.1) is 20.8 Å². The maximum atomic E-state index is 12.5. The molecule has 1 aromatic carbocycles. The normalized spacial score (nSPS) is 10.6. The number of esters is 1. The molecule has 2 aromatic heterocycles. The number of aryl methyl sites for hydroxylation is 2. The Morgan fingerprint density at radius 3 is 2.36 bits per heavy atom. The molecule has 10 heteroatoms. The number of hydrogen-bond acceptors (Lipinski definition) is 6. The smallest absolute Gasteiger partial charge is 0.341 e. The molecule has 0 radical (unpaired) electrons. The van der Waals surface area contributed by atoms with Gasteiger partial charge in [-0.1, -0.05) is 12.1 Å². The first-order valence-corrected chi connectivity index (χ1v) is 11.4. The summed E-state index contributed by atoms with van der Waals surface area (Å²) in [6, 6.07) is 9.91. The highest BCUT2D eigenvalue weighted by molar-refractivity contribution is 7.80. The van der Waals surface area contributed by atoms with Crippen LogP contribution in [0.25, 0.3) is 0 Å². The minimum Gasteiger partial charge on any atom is -0.465 e. The molecule has 2 heterocycles. The lowest BCUT2D eigenvalue weighted by Gasteiger charge is -2.11. The highest BCUT2D eigenvalue weighted by Gasteiger charge is 2.26. The van der Waals surface area contributed by atoms with Crippen molar-refractivity contribution in [2.75, 3.05) is 31.8 Å². The quantitative estimate of drug-likeness (QED) is 0.399. The number of nitrogens with one attached hydrogen (secondary N) is 2. The molecule has 0 saturated carbocycles. The van der Waals surface area contributed by atoms with E-state index in [0.717, 1.165) is 22.6 Å². The number of rotatable bonds is 6. The molecule has 0 spiro atoms. The van der Waals surface area contributed by atoms with Crippen LogP contribution < -0.4 is 10.6 Å². The van der Waals surface area contributed by atoms with Crippen molar-refractivity contribution >= 4 is 51.2 Å². The summed E-state index contributed by atoms with van der Waals surface area (Å²) in [4.78, 5) is 26.8. The number of methoxy groups -OCH3 is 1. The Balaban J connectivity index is 1.73. The lowest BCUT2D eigenvalue weighted by atomic mass is 10.1. The molecule has 1 amide bonds. The third-order valence-electron chi connectivity index (χ3n) is 5.01. The fourth-order valence-electron chi connectivity index (χ4n) is 3.32. The van der Waals surface area contributed by atoms with Crippen LogP contribution in [0.15, 0.2) is 30.3 Å². The van der Waals surface area contributed by atoms with Gasteiger partial charge in [0.05, 0.1) is 29.8 Å². The topological polar surface area (TPSA) is 88.5 Å². The van der Waals surface area contributed by atoms with Crippen LogP contribution in [-0.4, -0.2) is 52.9 Å². The Bertz CT molecular complexity index is 1200. The molecule has 0 fully saturated rings. The van der Waals surface area contributed by atoms with E-state index in [1.807, 2.05) is 48.9 Å². The van der Waals surface area contributed by atoms with Gasteiger partial charge in [0.15, 0.2) is 5.11 Å². The summed E-state index contributed by atoms with van der Waals surface area (Å²) in [5.41, 5.74) is 4.87. The maximum absolute atomic E-state index is 12.5. The number of ether oxygens (including phenoxy) is 1. The van der Waals surface area contributed by atoms with E-state index in [-0.39, 0.29) is 5.91 Å². The average Bonchev–Trinajstić information content (AvgIpc) is 3.25. The Hall–Kier alpha value is -3.24. The molecule has 3 rings (SSSR count). The standard InChI is InChI=1S/C23H27N5O3S2/c1-13-11-14(2)28(26-13)12-16-7-9-17(10-8-16)24-23(32)25-20-18(22(30)31-6)15(3)19(33-20)21(29)27(4)5/h7-11H,12H2,1-6H3,(H2,24,25,32). The van der Waals surface area contributed by atoms with Crippen LogP contribution in [0.2, 0.25) is 0 Å². The van der Waals surface area contributed by atoms with Gasteiger partial charge in [0.1, 0.15) is 5.00 Å². The highest BCUT2D eigenvalue weighted by Crippen LogP contribution is 2.34. The van der Waals surface area contributed by atoms with E-state index in [0.29, 0.717) is 32.7 Å². The SMILES string of the molecule is COC(=O)c1c(NC(=S)Nc2ccc(Cn3nc(C)cc3C)cc2)sc(C(=O)N(C)C)c1C. The van der Waals surface area contributed by atoms with E-state index >= 15 is 0 Å². The molecule has 3 aromatic rings. The third-order valence-corrected chi connectivity index (χ3v) is 6.41. The van der Waals surface area contributed by atoms with Crippen LogP contribution in [0.4, 0.5) is 10.7 Å². The largest absolute Gasteiger partial charge is 0.465 e. The van der Waals surface area contributed by atoms with Crippen molar-refractivity contribution in [2.24, 2.45) is 0 Å². The van der Waals surface area contributed by atoms with Crippen molar-refractivity contribution in [1.29, 1.82) is 0 Å². The van der Waals surface area contributed by atoms with Crippen LogP contribution in [-0.2, 0) is 11.3 Å². The first-order valence-electron chi connectivity index (χ1n) is 10.2. The monoisotopic (exact) mass is 485 g/mol. The van der Waals surface area contributed by atoms with E-state index in [9.17, 15) is 9.59 Å². The number of hydrogen-bond donors (Lipinski definition) is 2. The molecule has 174 valence electrons. The summed E-state index contributed by atoms with van der Waals surface area (Å²) in [6.45, 7) is 6.42. The molecule has 0 unspecified atom stereocenters. The van der Waals surface area contributed by atoms with Crippen LogP contribution in [0.5, 0.6) is 0 Å². The number of thiophene rings is 1. The van der Waals surface area contributed by atoms with Gasteiger partial charge in [0, 0.05) is 25.5 Å². The number of carbonyl (C=O) groups excluding carboxylic acids is 2. The molecule has 0 saturated heterocycles. The highest BCUT2D eigenvalue weighted by atomic mass is 32.1. The number of nitrogens with zero attached hydrogens (tertiary/aromatic N) is 3. The zero-order chi connectivity index (χ0) is 24.3. The van der Waals surface area contributed by atoms with Crippen molar-refractivity contribution in [1.82, 2.24) is 14.7 Å². The number of anilines is 2. The Kier molecular flexibility index (Phi) is 7.50. The van der Waals surface area contributed by atoms with E-state index < -0.39 is 5.97 Å². The molecular weight excluding hydrogens is 458 g/mol. The summed E-state index contributed by atoms with van der Waals surface area (Å²) in [7, 11) is 4.63. The molecule has 0 aliphatic rings. The van der Waals surface area contributed by atoms with Crippen molar-refractivity contribution in [3.63, 3.8) is 0 Å². The number of amides is 1. The van der Waals surface area contributed by atoms with Crippen LogP contribution >= 0.6 is 23.6 Å². The summed E-state index contributed by atoms with van der Waals surface area (Å²) < 4.78 is 6.88. The molecule has 8 nitrogen and oxygen atoms in total. The van der Waals surface area contributed by atoms with Gasteiger partial charge in [-0.3, -0.25) is 9.48 Å². The van der Waals surface area contributed by atoms with Crippen molar-refractivity contribution in [2.45, 2.75) is 27.3 Å².